The highest BCUT2D eigenvalue weighted by atomic mass is 35.5. The molecular formula is C8H8ClNO4. The van der Waals surface area contributed by atoms with Crippen molar-refractivity contribution in [3.63, 3.8) is 0 Å². The average Bonchev–Trinajstić information content (AvgIpc) is 2.64. The van der Waals surface area contributed by atoms with Crippen LogP contribution in [0.3, 0.4) is 0 Å². The van der Waals surface area contributed by atoms with Gasteiger partial charge in [0, 0.05) is 6.07 Å². The number of hydrogen-bond donors (Lipinski definition) is 1. The molecular weight excluding hydrogens is 210 g/mol. The van der Waals surface area contributed by atoms with E-state index in [2.05, 4.69) is 10.1 Å². The zero-order chi connectivity index (χ0) is 10.6. The molecule has 1 N–H and O–H groups in total. The highest BCUT2D eigenvalue weighted by Crippen LogP contribution is 2.17. The number of alkyl halides is 1. The second kappa shape index (κ2) is 4.66. The van der Waals surface area contributed by atoms with Crippen LogP contribution in [-0.4, -0.2) is 24.9 Å². The third-order valence-electron chi connectivity index (χ3n) is 1.43. The van der Waals surface area contributed by atoms with Gasteiger partial charge in [-0.15, -0.1) is 11.6 Å². The van der Waals surface area contributed by atoms with Crippen LogP contribution in [-0.2, 0) is 9.53 Å². The molecule has 0 bridgehead atoms. The number of furan rings is 1. The first-order valence-corrected chi connectivity index (χ1v) is 4.24. The molecule has 0 spiro atoms. The summed E-state index contributed by atoms with van der Waals surface area (Å²) in [7, 11) is 1.22. The van der Waals surface area contributed by atoms with Crippen LogP contribution in [0, 0.1) is 0 Å². The predicted octanol–water partition coefficient (Wildman–Crippen LogP) is 1.24. The Morgan fingerprint density at radius 3 is 2.93 bits per heavy atom. The maximum atomic E-state index is 11.1. The van der Waals surface area contributed by atoms with Crippen molar-refractivity contribution in [3.05, 3.63) is 18.1 Å². The number of rotatable bonds is 3. The van der Waals surface area contributed by atoms with Gasteiger partial charge in [-0.3, -0.25) is 4.79 Å². The number of nitrogens with one attached hydrogen (secondary N) is 1. The van der Waals surface area contributed by atoms with Crippen molar-refractivity contribution in [2.75, 3.05) is 18.3 Å². The Labute approximate surface area is 85.0 Å². The van der Waals surface area contributed by atoms with Crippen molar-refractivity contribution in [2.24, 2.45) is 0 Å². The molecule has 1 heterocycles. The van der Waals surface area contributed by atoms with Gasteiger partial charge in [-0.2, -0.15) is 0 Å². The Morgan fingerprint density at radius 2 is 2.36 bits per heavy atom. The molecule has 76 valence electrons. The first kappa shape index (κ1) is 10.6. The number of anilines is 1. The summed E-state index contributed by atoms with van der Waals surface area (Å²) in [6.07, 6.45) is 1.27. The van der Waals surface area contributed by atoms with Gasteiger partial charge in [0.05, 0.1) is 19.1 Å². The number of amides is 1. The number of carbonyl (C=O) groups excluding carboxylic acids is 2. The van der Waals surface area contributed by atoms with Crippen molar-refractivity contribution in [1.29, 1.82) is 0 Å². The summed E-state index contributed by atoms with van der Waals surface area (Å²) in [6, 6.07) is 1.44. The van der Waals surface area contributed by atoms with Crippen LogP contribution in [0.2, 0.25) is 0 Å². The number of ether oxygens (including phenoxy) is 1. The van der Waals surface area contributed by atoms with Crippen molar-refractivity contribution in [2.45, 2.75) is 0 Å². The SMILES string of the molecule is COC(=O)c1occc1NC(=O)CCl. The van der Waals surface area contributed by atoms with Crippen molar-refractivity contribution < 1.29 is 18.7 Å². The van der Waals surface area contributed by atoms with E-state index in [1.54, 1.807) is 0 Å². The summed E-state index contributed by atoms with van der Waals surface area (Å²) in [6.45, 7) is 0. The van der Waals surface area contributed by atoms with Crippen LogP contribution in [0.5, 0.6) is 0 Å². The summed E-state index contributed by atoms with van der Waals surface area (Å²) >= 11 is 5.28. The summed E-state index contributed by atoms with van der Waals surface area (Å²) in [5, 5.41) is 2.39. The van der Waals surface area contributed by atoms with Crippen LogP contribution in [0.25, 0.3) is 0 Å². The smallest absolute Gasteiger partial charge is 0.376 e. The monoisotopic (exact) mass is 217 g/mol. The Balaban J connectivity index is 2.82. The van der Waals surface area contributed by atoms with Crippen LogP contribution in [0.1, 0.15) is 10.6 Å². The van der Waals surface area contributed by atoms with E-state index in [-0.39, 0.29) is 17.3 Å². The van der Waals surface area contributed by atoms with E-state index in [1.807, 2.05) is 0 Å². The maximum Gasteiger partial charge on any atom is 0.376 e. The first-order valence-electron chi connectivity index (χ1n) is 3.70. The quantitative estimate of drug-likeness (QED) is 0.611. The molecule has 0 unspecified atom stereocenters. The minimum Gasteiger partial charge on any atom is -0.463 e. The fourth-order valence-electron chi connectivity index (χ4n) is 0.842. The molecule has 0 aliphatic rings. The Bertz CT molecular complexity index is 347. The highest BCUT2D eigenvalue weighted by molar-refractivity contribution is 6.29. The van der Waals surface area contributed by atoms with Crippen molar-refractivity contribution >= 4 is 29.2 Å². The molecule has 0 saturated carbocycles. The van der Waals surface area contributed by atoms with Crippen molar-refractivity contribution in [1.82, 2.24) is 0 Å². The molecule has 5 nitrogen and oxygen atoms in total. The second-order valence-corrected chi connectivity index (χ2v) is 2.60. The third kappa shape index (κ3) is 2.26. The van der Waals surface area contributed by atoms with Crippen LogP contribution in [0.15, 0.2) is 16.7 Å². The normalized spacial score (nSPS) is 9.57. The van der Waals surface area contributed by atoms with Gasteiger partial charge >= 0.3 is 5.97 Å². The predicted molar refractivity (Wildman–Crippen MR) is 49.4 cm³/mol. The lowest BCUT2D eigenvalue weighted by Crippen LogP contribution is -2.14. The molecule has 1 aromatic heterocycles. The lowest BCUT2D eigenvalue weighted by molar-refractivity contribution is -0.113. The van der Waals surface area contributed by atoms with Gasteiger partial charge in [0.15, 0.2) is 0 Å². The number of carbonyl (C=O) groups is 2. The summed E-state index contributed by atoms with van der Waals surface area (Å²) in [4.78, 5) is 22.0. The lowest BCUT2D eigenvalue weighted by atomic mass is 10.3. The summed E-state index contributed by atoms with van der Waals surface area (Å²) in [5.41, 5.74) is 0.252. The Hall–Kier alpha value is -1.49. The maximum absolute atomic E-state index is 11.1. The van der Waals surface area contributed by atoms with Gasteiger partial charge in [-0.05, 0) is 0 Å². The van der Waals surface area contributed by atoms with Gasteiger partial charge in [-0.1, -0.05) is 0 Å². The molecule has 1 amide bonds. The summed E-state index contributed by atoms with van der Waals surface area (Å²) in [5.74, 6) is -1.31. The van der Waals surface area contributed by atoms with E-state index >= 15 is 0 Å². The van der Waals surface area contributed by atoms with E-state index < -0.39 is 11.9 Å². The third-order valence-corrected chi connectivity index (χ3v) is 1.67. The zero-order valence-corrected chi connectivity index (χ0v) is 8.13. The number of methoxy groups -OCH3 is 1. The minimum atomic E-state index is -0.653. The number of esters is 1. The van der Waals surface area contributed by atoms with E-state index in [0.717, 1.165) is 0 Å². The number of halogens is 1. The molecule has 0 aromatic carbocycles. The van der Waals surface area contributed by atoms with Gasteiger partial charge in [-0.25, -0.2) is 4.79 Å². The van der Waals surface area contributed by atoms with Crippen molar-refractivity contribution in [3.8, 4) is 0 Å². The first-order chi connectivity index (χ1) is 6.69. The molecule has 0 saturated heterocycles. The molecule has 0 fully saturated rings. The average molecular weight is 218 g/mol. The van der Waals surface area contributed by atoms with Crippen LogP contribution >= 0.6 is 11.6 Å². The molecule has 0 aliphatic heterocycles. The zero-order valence-electron chi connectivity index (χ0n) is 7.37. The van der Waals surface area contributed by atoms with Gasteiger partial charge in [0.25, 0.3) is 0 Å². The van der Waals surface area contributed by atoms with E-state index in [9.17, 15) is 9.59 Å². The van der Waals surface area contributed by atoms with E-state index in [4.69, 9.17) is 16.0 Å². The molecule has 0 radical (unpaired) electrons. The lowest BCUT2D eigenvalue weighted by Gasteiger charge is -2.01. The minimum absolute atomic E-state index is 0.0500. The molecule has 0 atom stereocenters. The standard InChI is InChI=1S/C8H8ClNO4/c1-13-8(12)7-5(2-3-14-7)10-6(11)4-9/h2-3H,4H2,1H3,(H,10,11). The van der Waals surface area contributed by atoms with Crippen LogP contribution in [0.4, 0.5) is 5.69 Å². The fraction of sp³-hybridized carbons (Fsp3) is 0.250. The molecule has 1 aromatic rings. The largest absolute Gasteiger partial charge is 0.463 e. The number of hydrogen-bond acceptors (Lipinski definition) is 4. The molecule has 6 heteroatoms. The Morgan fingerprint density at radius 1 is 1.64 bits per heavy atom. The van der Waals surface area contributed by atoms with Crippen LogP contribution < -0.4 is 5.32 Å². The Kier molecular flexibility index (Phi) is 3.53. The topological polar surface area (TPSA) is 68.5 Å². The van der Waals surface area contributed by atoms with Gasteiger partial charge < -0.3 is 14.5 Å². The van der Waals surface area contributed by atoms with Gasteiger partial charge in [0.2, 0.25) is 11.7 Å². The second-order valence-electron chi connectivity index (χ2n) is 2.34. The molecule has 0 aliphatic carbocycles. The summed E-state index contributed by atoms with van der Waals surface area (Å²) < 4.78 is 9.26. The molecule has 1 rings (SSSR count). The molecule has 14 heavy (non-hydrogen) atoms. The van der Waals surface area contributed by atoms with E-state index in [0.29, 0.717) is 0 Å². The highest BCUT2D eigenvalue weighted by Gasteiger charge is 2.16. The fourth-order valence-corrected chi connectivity index (χ4v) is 0.909. The van der Waals surface area contributed by atoms with Gasteiger partial charge in [0.1, 0.15) is 5.88 Å². The van der Waals surface area contributed by atoms with E-state index in [1.165, 1.54) is 19.4 Å².